The molecular weight excluding hydrogens is 513 g/mol. The van der Waals surface area contributed by atoms with Crippen molar-refractivity contribution in [3.63, 3.8) is 0 Å². The van der Waals surface area contributed by atoms with Gasteiger partial charge in [-0.25, -0.2) is 9.18 Å². The van der Waals surface area contributed by atoms with Gasteiger partial charge < -0.3 is 19.6 Å². The first-order chi connectivity index (χ1) is 15.3. The summed E-state index contributed by atoms with van der Waals surface area (Å²) in [4.78, 5) is 28.9. The van der Waals surface area contributed by atoms with Crippen LogP contribution >= 0.6 is 15.9 Å². The fourth-order valence-electron chi connectivity index (χ4n) is 3.19. The lowest BCUT2D eigenvalue weighted by Gasteiger charge is -2.40. The van der Waals surface area contributed by atoms with Crippen molar-refractivity contribution < 1.29 is 23.5 Å². The number of benzene rings is 1. The van der Waals surface area contributed by atoms with Gasteiger partial charge in [0.15, 0.2) is 14.5 Å². The second-order valence-corrected chi connectivity index (χ2v) is 15.5. The number of aromatic nitrogens is 2. The van der Waals surface area contributed by atoms with E-state index in [9.17, 15) is 14.7 Å². The Morgan fingerprint density at radius 1 is 1.33 bits per heavy atom. The Kier molecular flexibility index (Phi) is 7.30. The monoisotopic (exact) mass is 541 g/mol. The van der Waals surface area contributed by atoms with E-state index in [2.05, 4.69) is 26.2 Å². The van der Waals surface area contributed by atoms with E-state index in [1.807, 2.05) is 33.9 Å². The molecule has 1 aliphatic rings. The van der Waals surface area contributed by atoms with Gasteiger partial charge in [0.05, 0.1) is 6.61 Å². The highest BCUT2D eigenvalue weighted by Crippen LogP contribution is 2.50. The zero-order valence-corrected chi connectivity index (χ0v) is 21.8. The molecule has 2 heterocycles. The van der Waals surface area contributed by atoms with Gasteiger partial charge in [0, 0.05) is 11.8 Å². The number of halogens is 2. The third kappa shape index (κ3) is 5.27. The molecule has 1 saturated heterocycles. The Labute approximate surface area is 201 Å². The molecule has 0 bridgehead atoms. The molecule has 0 spiro atoms. The Balaban J connectivity index is 1.85. The summed E-state index contributed by atoms with van der Waals surface area (Å²) in [5.74, 6) is -0.407. The van der Waals surface area contributed by atoms with Crippen LogP contribution in [0.1, 0.15) is 37.4 Å². The first kappa shape index (κ1) is 25.7. The van der Waals surface area contributed by atoms with Gasteiger partial charge in [0.25, 0.3) is 5.91 Å². The smallest absolute Gasteiger partial charge is 0.351 e. The second-order valence-electron chi connectivity index (χ2n) is 9.51. The molecule has 3 rings (SSSR count). The number of carbonyl (C=O) groups excluding carboxylic acids is 1. The maximum absolute atomic E-state index is 16.0. The number of hydrogen-bond donors (Lipinski definition) is 2. The van der Waals surface area contributed by atoms with E-state index < -0.39 is 49.5 Å². The number of amides is 1. The summed E-state index contributed by atoms with van der Waals surface area (Å²) >= 11 is 3.07. The molecule has 2 aromatic rings. The average molecular weight is 542 g/mol. The molecule has 0 saturated carbocycles. The quantitative estimate of drug-likeness (QED) is 0.425. The van der Waals surface area contributed by atoms with Crippen molar-refractivity contribution in [2.45, 2.75) is 61.9 Å². The molecule has 0 radical (unpaired) electrons. The van der Waals surface area contributed by atoms with Crippen LogP contribution in [0.3, 0.4) is 0 Å². The van der Waals surface area contributed by atoms with Gasteiger partial charge in [0.2, 0.25) is 4.58 Å². The van der Waals surface area contributed by atoms with Crippen molar-refractivity contribution in [3.05, 3.63) is 58.6 Å². The topological polar surface area (TPSA) is 103 Å². The number of aliphatic hydroxyl groups is 1. The first-order valence-corrected chi connectivity index (χ1v) is 14.3. The molecule has 1 aromatic heterocycles. The van der Waals surface area contributed by atoms with Crippen LogP contribution < -0.4 is 11.0 Å². The number of rotatable bonds is 6. The minimum absolute atomic E-state index is 0.0231. The van der Waals surface area contributed by atoms with Crippen molar-refractivity contribution in [2.24, 2.45) is 0 Å². The van der Waals surface area contributed by atoms with Crippen LogP contribution in [0, 0.1) is 0 Å². The second kappa shape index (κ2) is 9.38. The summed E-state index contributed by atoms with van der Waals surface area (Å²) in [7, 11) is -2.43. The van der Waals surface area contributed by atoms with Crippen molar-refractivity contribution in [1.82, 2.24) is 9.55 Å². The molecule has 0 aliphatic carbocycles. The largest absolute Gasteiger partial charge is 0.407 e. The van der Waals surface area contributed by atoms with Crippen LogP contribution in [0.5, 0.6) is 0 Å². The van der Waals surface area contributed by atoms with Gasteiger partial charge in [-0.2, -0.15) is 4.98 Å². The Hall–Kier alpha value is -1.92. The molecule has 1 aromatic carbocycles. The third-order valence-corrected chi connectivity index (χ3v) is 11.4. The zero-order chi connectivity index (χ0) is 24.6. The van der Waals surface area contributed by atoms with Crippen molar-refractivity contribution in [2.75, 3.05) is 11.9 Å². The molecule has 1 aliphatic heterocycles. The number of alkyl halides is 2. The number of aliphatic hydroxyl groups excluding tert-OH is 1. The highest BCUT2D eigenvalue weighted by molar-refractivity contribution is 9.10. The molecule has 1 amide bonds. The first-order valence-electron chi connectivity index (χ1n) is 10.6. The number of carbonyl (C=O) groups is 1. The fourth-order valence-corrected chi connectivity index (χ4v) is 5.39. The van der Waals surface area contributed by atoms with Crippen molar-refractivity contribution in [3.8, 4) is 0 Å². The van der Waals surface area contributed by atoms with E-state index in [1.54, 1.807) is 30.3 Å². The molecule has 8 nitrogen and oxygen atoms in total. The number of hydrogen-bond acceptors (Lipinski definition) is 6. The normalized spacial score (nSPS) is 25.8. The van der Waals surface area contributed by atoms with Crippen LogP contribution in [0.15, 0.2) is 47.4 Å². The maximum Gasteiger partial charge on any atom is 0.351 e. The Morgan fingerprint density at radius 2 is 1.97 bits per heavy atom. The molecule has 33 heavy (non-hydrogen) atoms. The van der Waals surface area contributed by atoms with Gasteiger partial charge in [-0.05, 0) is 52.3 Å². The number of nitrogens with one attached hydrogen (secondary N) is 1. The van der Waals surface area contributed by atoms with E-state index in [0.29, 0.717) is 5.56 Å². The number of ether oxygens (including phenoxy) is 1. The van der Waals surface area contributed by atoms with E-state index in [-0.39, 0.29) is 10.9 Å². The number of anilines is 1. The number of nitrogens with zero attached hydrogens (tertiary/aromatic N) is 2. The maximum atomic E-state index is 16.0. The molecular formula is C22H29BrFN3O5Si. The lowest BCUT2D eigenvalue weighted by molar-refractivity contribution is -0.0496. The summed E-state index contributed by atoms with van der Waals surface area (Å²) in [5.41, 5.74) is -0.417. The highest BCUT2D eigenvalue weighted by Gasteiger charge is 2.60. The van der Waals surface area contributed by atoms with Crippen LogP contribution in [-0.2, 0) is 9.16 Å². The fraction of sp³-hybridized carbons (Fsp3) is 0.500. The predicted molar refractivity (Wildman–Crippen MR) is 129 cm³/mol. The van der Waals surface area contributed by atoms with E-state index in [0.717, 1.165) is 4.57 Å². The molecule has 4 atom stereocenters. The molecule has 1 unspecified atom stereocenters. The zero-order valence-electron chi connectivity index (χ0n) is 19.2. The van der Waals surface area contributed by atoms with Crippen LogP contribution in [-0.4, -0.2) is 52.3 Å². The van der Waals surface area contributed by atoms with Crippen LogP contribution in [0.2, 0.25) is 18.1 Å². The summed E-state index contributed by atoms with van der Waals surface area (Å²) in [5, 5.41) is 12.2. The van der Waals surface area contributed by atoms with Crippen LogP contribution in [0.25, 0.3) is 0 Å². The van der Waals surface area contributed by atoms with E-state index >= 15 is 4.39 Å². The highest BCUT2D eigenvalue weighted by atomic mass is 79.9. The van der Waals surface area contributed by atoms with Gasteiger partial charge in [-0.15, -0.1) is 0 Å². The van der Waals surface area contributed by atoms with Crippen molar-refractivity contribution in [1.29, 1.82) is 0 Å². The molecule has 2 N–H and O–H groups in total. The molecule has 1 fully saturated rings. The minimum Gasteiger partial charge on any atom is -0.407 e. The van der Waals surface area contributed by atoms with Crippen LogP contribution in [0.4, 0.5) is 10.2 Å². The summed E-state index contributed by atoms with van der Waals surface area (Å²) in [6, 6.07) is 9.85. The lowest BCUT2D eigenvalue weighted by Crippen LogP contribution is -2.51. The van der Waals surface area contributed by atoms with E-state index in [4.69, 9.17) is 9.16 Å². The van der Waals surface area contributed by atoms with Gasteiger partial charge in [-0.3, -0.25) is 9.36 Å². The van der Waals surface area contributed by atoms with Crippen molar-refractivity contribution >= 4 is 36.0 Å². The Bertz CT molecular complexity index is 1060. The SMILES string of the molecule is CC(C)(C)[Si](C)(C)OC1[C@@H](CO)O[C@@H](n2ccc(NC(=O)c3ccccc3)nc2=O)[C@]1(F)Br. The average Bonchev–Trinajstić information content (AvgIpc) is 2.97. The minimum atomic E-state index is -2.43. The Morgan fingerprint density at radius 3 is 2.52 bits per heavy atom. The summed E-state index contributed by atoms with van der Waals surface area (Å²) in [6.07, 6.45) is -2.27. The molecule has 180 valence electrons. The summed E-state index contributed by atoms with van der Waals surface area (Å²) in [6.45, 7) is 9.51. The lowest BCUT2D eigenvalue weighted by atomic mass is 10.1. The standard InChI is InChI=1S/C22H29BrFN3O5Si/c1-21(2,3)33(4,5)32-17-15(13-28)31-19(22(17,23)24)27-12-11-16(26-20(27)30)25-18(29)14-9-7-6-8-10-14/h6-12,15,17,19,28H,13H2,1-5H3,(H,25,26,29,30)/t15-,17?,19-,22+/m1/s1. The third-order valence-electron chi connectivity index (χ3n) is 6.12. The van der Waals surface area contributed by atoms with Gasteiger partial charge in [-0.1, -0.05) is 39.0 Å². The van der Waals surface area contributed by atoms with Gasteiger partial charge >= 0.3 is 5.69 Å². The summed E-state index contributed by atoms with van der Waals surface area (Å²) < 4.78 is 26.6. The predicted octanol–water partition coefficient (Wildman–Crippen LogP) is 3.84. The van der Waals surface area contributed by atoms with Gasteiger partial charge in [0.1, 0.15) is 18.0 Å². The molecule has 11 heteroatoms. The van der Waals surface area contributed by atoms with E-state index in [1.165, 1.54) is 12.3 Å².